The van der Waals surface area contributed by atoms with Crippen LogP contribution < -0.4 is 5.32 Å². The van der Waals surface area contributed by atoms with Gasteiger partial charge in [-0.25, -0.2) is 14.8 Å². The molecule has 0 fully saturated rings. The molecule has 21 heavy (non-hydrogen) atoms. The fourth-order valence-electron chi connectivity index (χ4n) is 1.82. The summed E-state index contributed by atoms with van der Waals surface area (Å²) < 4.78 is 5.06. The number of nitrogens with one attached hydrogen (secondary N) is 1. The van der Waals surface area contributed by atoms with E-state index in [4.69, 9.17) is 9.52 Å². The number of carboxylic acids is 1. The molecule has 2 aromatic rings. The van der Waals surface area contributed by atoms with Gasteiger partial charge in [-0.1, -0.05) is 13.8 Å². The Balaban J connectivity index is 2.06. The van der Waals surface area contributed by atoms with Crippen molar-refractivity contribution in [3.05, 3.63) is 47.4 Å². The van der Waals surface area contributed by atoms with Gasteiger partial charge in [0.2, 0.25) is 5.76 Å². The standard InChI is InChI=1S/C14H15N3O4/c1-8(2)12-10(6-15-7-17-12)13(18)16-5-9-3-4-11(21-9)14(19)20/h3-4,6-8H,5H2,1-2H3,(H,16,18)(H,19,20). The zero-order valence-electron chi connectivity index (χ0n) is 11.7. The number of hydrogen-bond acceptors (Lipinski definition) is 5. The molecule has 7 heteroatoms. The van der Waals surface area contributed by atoms with Crippen LogP contribution in [0.5, 0.6) is 0 Å². The van der Waals surface area contributed by atoms with Crippen molar-refractivity contribution in [2.75, 3.05) is 0 Å². The van der Waals surface area contributed by atoms with Crippen molar-refractivity contribution in [3.8, 4) is 0 Å². The van der Waals surface area contributed by atoms with Crippen LogP contribution in [-0.2, 0) is 6.54 Å². The number of carbonyl (C=O) groups excluding carboxylic acids is 1. The second kappa shape index (κ2) is 6.17. The van der Waals surface area contributed by atoms with Crippen molar-refractivity contribution < 1.29 is 19.1 Å². The van der Waals surface area contributed by atoms with Crippen LogP contribution in [0.2, 0.25) is 0 Å². The molecule has 0 atom stereocenters. The number of aromatic nitrogens is 2. The molecule has 7 nitrogen and oxygen atoms in total. The summed E-state index contributed by atoms with van der Waals surface area (Å²) in [6.45, 7) is 3.97. The van der Waals surface area contributed by atoms with E-state index in [-0.39, 0.29) is 24.1 Å². The SMILES string of the molecule is CC(C)c1ncncc1C(=O)NCc1ccc(C(=O)O)o1. The quantitative estimate of drug-likeness (QED) is 0.869. The summed E-state index contributed by atoms with van der Waals surface area (Å²) in [7, 11) is 0. The molecule has 2 rings (SSSR count). The molecule has 2 N–H and O–H groups in total. The van der Waals surface area contributed by atoms with E-state index < -0.39 is 5.97 Å². The van der Waals surface area contributed by atoms with Gasteiger partial charge in [0, 0.05) is 6.20 Å². The lowest BCUT2D eigenvalue weighted by Gasteiger charge is -2.10. The van der Waals surface area contributed by atoms with Gasteiger partial charge in [0.1, 0.15) is 12.1 Å². The number of rotatable bonds is 5. The Morgan fingerprint density at radius 1 is 1.38 bits per heavy atom. The van der Waals surface area contributed by atoms with Gasteiger partial charge < -0.3 is 14.8 Å². The number of hydrogen-bond donors (Lipinski definition) is 2. The summed E-state index contributed by atoms with van der Waals surface area (Å²) in [5.41, 5.74) is 1.06. The second-order valence-corrected chi connectivity index (χ2v) is 4.73. The van der Waals surface area contributed by atoms with Crippen LogP contribution in [0.4, 0.5) is 0 Å². The first kappa shape index (κ1) is 14.7. The zero-order chi connectivity index (χ0) is 15.4. The van der Waals surface area contributed by atoms with Gasteiger partial charge in [-0.2, -0.15) is 0 Å². The number of aromatic carboxylic acids is 1. The highest BCUT2D eigenvalue weighted by atomic mass is 16.4. The highest BCUT2D eigenvalue weighted by Crippen LogP contribution is 2.15. The maximum Gasteiger partial charge on any atom is 0.371 e. The minimum Gasteiger partial charge on any atom is -0.475 e. The van der Waals surface area contributed by atoms with Gasteiger partial charge in [0.25, 0.3) is 5.91 Å². The number of furan rings is 1. The van der Waals surface area contributed by atoms with Crippen molar-refractivity contribution in [1.29, 1.82) is 0 Å². The van der Waals surface area contributed by atoms with Crippen molar-refractivity contribution in [3.63, 3.8) is 0 Å². The fourth-order valence-corrected chi connectivity index (χ4v) is 1.82. The fraction of sp³-hybridized carbons (Fsp3) is 0.286. The maximum atomic E-state index is 12.1. The monoisotopic (exact) mass is 289 g/mol. The van der Waals surface area contributed by atoms with Gasteiger partial charge in [-0.05, 0) is 18.1 Å². The highest BCUT2D eigenvalue weighted by molar-refractivity contribution is 5.95. The Morgan fingerprint density at radius 2 is 2.14 bits per heavy atom. The smallest absolute Gasteiger partial charge is 0.371 e. The first-order valence-electron chi connectivity index (χ1n) is 6.39. The van der Waals surface area contributed by atoms with E-state index in [9.17, 15) is 9.59 Å². The minimum atomic E-state index is -1.15. The highest BCUT2D eigenvalue weighted by Gasteiger charge is 2.16. The summed E-state index contributed by atoms with van der Waals surface area (Å²) in [5, 5.41) is 11.4. The summed E-state index contributed by atoms with van der Waals surface area (Å²) in [6, 6.07) is 2.85. The lowest BCUT2D eigenvalue weighted by Crippen LogP contribution is -2.24. The molecule has 0 saturated heterocycles. The molecule has 110 valence electrons. The van der Waals surface area contributed by atoms with Gasteiger partial charge in [-0.15, -0.1) is 0 Å². The molecular formula is C14H15N3O4. The lowest BCUT2D eigenvalue weighted by atomic mass is 10.0. The van der Waals surface area contributed by atoms with E-state index in [1.807, 2.05) is 13.8 Å². The molecular weight excluding hydrogens is 274 g/mol. The molecule has 0 aliphatic heterocycles. The van der Waals surface area contributed by atoms with Crippen LogP contribution in [0.25, 0.3) is 0 Å². The maximum absolute atomic E-state index is 12.1. The Hall–Kier alpha value is -2.70. The molecule has 2 heterocycles. The van der Waals surface area contributed by atoms with Crippen molar-refractivity contribution in [2.45, 2.75) is 26.3 Å². The van der Waals surface area contributed by atoms with Gasteiger partial charge in [-0.3, -0.25) is 4.79 Å². The molecule has 0 saturated carbocycles. The van der Waals surface area contributed by atoms with Crippen molar-refractivity contribution >= 4 is 11.9 Å². The summed E-state index contributed by atoms with van der Waals surface area (Å²) in [5.74, 6) is -1.18. The van der Waals surface area contributed by atoms with Gasteiger partial charge in [0.05, 0.1) is 17.8 Å². The first-order chi connectivity index (χ1) is 9.99. The lowest BCUT2D eigenvalue weighted by molar-refractivity contribution is 0.0660. The number of carboxylic acid groups (broad SMARTS) is 1. The first-order valence-corrected chi connectivity index (χ1v) is 6.39. The summed E-state index contributed by atoms with van der Waals surface area (Å²) in [4.78, 5) is 30.8. The molecule has 0 aliphatic carbocycles. The van der Waals surface area contributed by atoms with Crippen molar-refractivity contribution in [2.24, 2.45) is 0 Å². The Kier molecular flexibility index (Phi) is 4.32. The van der Waals surface area contributed by atoms with Crippen molar-refractivity contribution in [1.82, 2.24) is 15.3 Å². The minimum absolute atomic E-state index is 0.0935. The molecule has 0 aliphatic rings. The summed E-state index contributed by atoms with van der Waals surface area (Å²) >= 11 is 0. The zero-order valence-corrected chi connectivity index (χ0v) is 11.7. The molecule has 1 amide bonds. The Labute approximate surface area is 121 Å². The normalized spacial score (nSPS) is 10.6. The molecule has 0 radical (unpaired) electrons. The number of amides is 1. The van der Waals surface area contributed by atoms with Crippen LogP contribution in [0.15, 0.2) is 29.1 Å². The predicted molar refractivity (Wildman–Crippen MR) is 73.0 cm³/mol. The van der Waals surface area contributed by atoms with Crippen LogP contribution in [-0.4, -0.2) is 27.0 Å². The van der Waals surface area contributed by atoms with E-state index in [0.717, 1.165) is 0 Å². The largest absolute Gasteiger partial charge is 0.475 e. The third kappa shape index (κ3) is 3.44. The van der Waals surface area contributed by atoms with E-state index in [0.29, 0.717) is 17.0 Å². The van der Waals surface area contributed by atoms with Crippen LogP contribution >= 0.6 is 0 Å². The predicted octanol–water partition coefficient (Wildman–Crippen LogP) is 1.82. The Morgan fingerprint density at radius 3 is 2.76 bits per heavy atom. The van der Waals surface area contributed by atoms with Gasteiger partial charge in [0.15, 0.2) is 0 Å². The number of nitrogens with zero attached hydrogens (tertiary/aromatic N) is 2. The van der Waals surface area contributed by atoms with Crippen LogP contribution in [0.1, 0.15) is 52.1 Å². The van der Waals surface area contributed by atoms with E-state index >= 15 is 0 Å². The summed E-state index contributed by atoms with van der Waals surface area (Å²) in [6.07, 6.45) is 2.86. The number of carbonyl (C=O) groups is 2. The average molecular weight is 289 g/mol. The molecule has 0 unspecified atom stereocenters. The van der Waals surface area contributed by atoms with E-state index in [1.54, 1.807) is 0 Å². The average Bonchev–Trinajstić information content (AvgIpc) is 2.94. The van der Waals surface area contributed by atoms with Crippen LogP contribution in [0, 0.1) is 0 Å². The third-order valence-electron chi connectivity index (χ3n) is 2.83. The van der Waals surface area contributed by atoms with Crippen LogP contribution in [0.3, 0.4) is 0 Å². The molecule has 0 aromatic carbocycles. The molecule has 2 aromatic heterocycles. The topological polar surface area (TPSA) is 105 Å². The second-order valence-electron chi connectivity index (χ2n) is 4.73. The molecule has 0 bridgehead atoms. The van der Waals surface area contributed by atoms with E-state index in [1.165, 1.54) is 24.7 Å². The Bertz CT molecular complexity index is 664. The third-order valence-corrected chi connectivity index (χ3v) is 2.83. The molecule has 0 spiro atoms. The van der Waals surface area contributed by atoms with E-state index in [2.05, 4.69) is 15.3 Å². The van der Waals surface area contributed by atoms with Gasteiger partial charge >= 0.3 is 5.97 Å².